The van der Waals surface area contributed by atoms with E-state index in [1.54, 1.807) is 0 Å². The Balaban J connectivity index is 1.84. The molecule has 0 amide bonds. The number of rotatable bonds is 5. The van der Waals surface area contributed by atoms with Gasteiger partial charge >= 0.3 is 0 Å². The largest absolute Gasteiger partial charge is 0.271 e. The van der Waals surface area contributed by atoms with Crippen LogP contribution in [0.5, 0.6) is 0 Å². The van der Waals surface area contributed by atoms with E-state index in [9.17, 15) is 0 Å². The molecule has 2 rings (SSSR count). The number of hydrazine groups is 1. The van der Waals surface area contributed by atoms with Gasteiger partial charge in [-0.25, -0.2) is 0 Å². The zero-order valence-electron chi connectivity index (χ0n) is 11.5. The average Bonchev–Trinajstić information content (AvgIpc) is 2.43. The lowest BCUT2D eigenvalue weighted by molar-refractivity contribution is 0.260. The van der Waals surface area contributed by atoms with E-state index in [1.165, 1.54) is 43.2 Å². The summed E-state index contributed by atoms with van der Waals surface area (Å²) in [5, 5.41) is 0. The summed E-state index contributed by atoms with van der Waals surface area (Å²) < 4.78 is 0. The molecule has 100 valence electrons. The number of aryl methyl sites for hydroxylation is 2. The number of nitrogens with one attached hydrogen (secondary N) is 1. The third kappa shape index (κ3) is 3.82. The Hall–Kier alpha value is -0.860. The summed E-state index contributed by atoms with van der Waals surface area (Å²) in [6, 6.07) is 9.36. The minimum Gasteiger partial charge on any atom is -0.271 e. The van der Waals surface area contributed by atoms with Crippen molar-refractivity contribution in [2.75, 3.05) is 0 Å². The lowest BCUT2D eigenvalue weighted by atomic mass is 9.82. The first kappa shape index (κ1) is 13.6. The number of nitrogens with two attached hydrogens (primary N) is 1. The van der Waals surface area contributed by atoms with Crippen LogP contribution in [0.3, 0.4) is 0 Å². The van der Waals surface area contributed by atoms with Gasteiger partial charge in [0.1, 0.15) is 0 Å². The van der Waals surface area contributed by atoms with E-state index >= 15 is 0 Å². The summed E-state index contributed by atoms with van der Waals surface area (Å²) in [5.41, 5.74) is 5.81. The molecule has 2 heteroatoms. The van der Waals surface area contributed by atoms with E-state index in [-0.39, 0.29) is 0 Å². The van der Waals surface area contributed by atoms with Crippen LogP contribution in [0.4, 0.5) is 0 Å². The molecule has 1 aliphatic rings. The highest BCUT2D eigenvalue weighted by molar-refractivity contribution is 5.21. The minimum atomic E-state index is 0.492. The zero-order chi connectivity index (χ0) is 12.8. The van der Waals surface area contributed by atoms with Gasteiger partial charge in [-0.15, -0.1) is 0 Å². The molecule has 0 spiro atoms. The quantitative estimate of drug-likeness (QED) is 0.617. The summed E-state index contributed by atoms with van der Waals surface area (Å²) >= 11 is 0. The van der Waals surface area contributed by atoms with E-state index in [0.29, 0.717) is 6.04 Å². The molecule has 1 saturated carbocycles. The second-order valence-electron chi connectivity index (χ2n) is 5.70. The number of hydrogen-bond acceptors (Lipinski definition) is 2. The molecule has 0 heterocycles. The molecule has 3 N–H and O–H groups in total. The van der Waals surface area contributed by atoms with Gasteiger partial charge in [0.15, 0.2) is 0 Å². The maximum Gasteiger partial charge on any atom is 0.0241 e. The molecular weight excluding hydrogens is 220 g/mol. The van der Waals surface area contributed by atoms with Crippen molar-refractivity contribution >= 4 is 0 Å². The van der Waals surface area contributed by atoms with E-state index in [0.717, 1.165) is 18.8 Å². The van der Waals surface area contributed by atoms with Crippen LogP contribution in [0.15, 0.2) is 24.3 Å². The smallest absolute Gasteiger partial charge is 0.0241 e. The lowest BCUT2D eigenvalue weighted by Gasteiger charge is -2.29. The average molecular weight is 246 g/mol. The maximum absolute atomic E-state index is 5.74. The molecular formula is C16H26N2. The van der Waals surface area contributed by atoms with Gasteiger partial charge in [0.05, 0.1) is 0 Å². The normalized spacial score (nSPS) is 18.8. The van der Waals surface area contributed by atoms with Gasteiger partial charge in [-0.2, -0.15) is 0 Å². The third-order valence-electron chi connectivity index (χ3n) is 4.30. The Kier molecular flexibility index (Phi) is 5.21. The van der Waals surface area contributed by atoms with E-state index < -0.39 is 0 Å². The van der Waals surface area contributed by atoms with Crippen LogP contribution in [0, 0.1) is 12.8 Å². The summed E-state index contributed by atoms with van der Waals surface area (Å²) in [6.07, 6.45) is 9.16. The highest BCUT2D eigenvalue weighted by Crippen LogP contribution is 2.28. The van der Waals surface area contributed by atoms with Gasteiger partial charge < -0.3 is 0 Å². The highest BCUT2D eigenvalue weighted by atomic mass is 15.2. The molecule has 0 bridgehead atoms. The monoisotopic (exact) mass is 246 g/mol. The summed E-state index contributed by atoms with van der Waals surface area (Å²) in [4.78, 5) is 0. The summed E-state index contributed by atoms with van der Waals surface area (Å²) in [7, 11) is 0. The van der Waals surface area contributed by atoms with E-state index in [4.69, 9.17) is 5.84 Å². The fourth-order valence-electron chi connectivity index (χ4n) is 3.07. The number of hydrogen-bond donors (Lipinski definition) is 2. The van der Waals surface area contributed by atoms with Crippen molar-refractivity contribution in [3.05, 3.63) is 35.4 Å². The fourth-order valence-corrected chi connectivity index (χ4v) is 3.07. The summed E-state index contributed by atoms with van der Waals surface area (Å²) in [5.74, 6) is 6.53. The second-order valence-corrected chi connectivity index (χ2v) is 5.70. The van der Waals surface area contributed by atoms with Crippen molar-refractivity contribution in [3.8, 4) is 0 Å². The minimum absolute atomic E-state index is 0.492. The van der Waals surface area contributed by atoms with Crippen LogP contribution >= 0.6 is 0 Å². The molecule has 1 aromatic carbocycles. The molecule has 1 fully saturated rings. The van der Waals surface area contributed by atoms with Crippen molar-refractivity contribution in [2.24, 2.45) is 11.8 Å². The van der Waals surface area contributed by atoms with Crippen LogP contribution in [0.2, 0.25) is 0 Å². The van der Waals surface area contributed by atoms with Gasteiger partial charge in [0, 0.05) is 6.04 Å². The first-order valence-corrected chi connectivity index (χ1v) is 7.31. The number of benzene rings is 1. The predicted octanol–water partition coefficient (Wildman–Crippen LogP) is 3.34. The lowest BCUT2D eigenvalue weighted by Crippen LogP contribution is -2.42. The van der Waals surface area contributed by atoms with Crippen LogP contribution in [-0.2, 0) is 6.42 Å². The van der Waals surface area contributed by atoms with Gasteiger partial charge in [0.25, 0.3) is 0 Å². The molecule has 18 heavy (non-hydrogen) atoms. The SMILES string of the molecule is Cc1ccc(CCC(NN)C2CCCCC2)cc1. The van der Waals surface area contributed by atoms with Gasteiger partial charge in [-0.1, -0.05) is 49.1 Å². The Morgan fingerprint density at radius 1 is 1.17 bits per heavy atom. The predicted molar refractivity (Wildman–Crippen MR) is 77.2 cm³/mol. The van der Waals surface area contributed by atoms with Crippen LogP contribution in [0.1, 0.15) is 49.7 Å². The van der Waals surface area contributed by atoms with Crippen molar-refractivity contribution in [3.63, 3.8) is 0 Å². The van der Waals surface area contributed by atoms with Crippen molar-refractivity contribution in [2.45, 2.75) is 57.9 Å². The van der Waals surface area contributed by atoms with E-state index in [1.807, 2.05) is 0 Å². The Morgan fingerprint density at radius 2 is 1.83 bits per heavy atom. The Morgan fingerprint density at radius 3 is 2.44 bits per heavy atom. The molecule has 1 unspecified atom stereocenters. The third-order valence-corrected chi connectivity index (χ3v) is 4.30. The molecule has 0 saturated heterocycles. The van der Waals surface area contributed by atoms with Gasteiger partial charge in [-0.3, -0.25) is 11.3 Å². The maximum atomic E-state index is 5.74. The van der Waals surface area contributed by atoms with Crippen LogP contribution in [-0.4, -0.2) is 6.04 Å². The molecule has 1 aliphatic carbocycles. The Bertz CT molecular complexity index is 339. The molecule has 0 radical (unpaired) electrons. The molecule has 1 atom stereocenters. The standard InChI is InChI=1S/C16H26N2/c1-13-7-9-14(10-8-13)11-12-16(18-17)15-5-3-2-4-6-15/h7-10,15-16,18H,2-6,11-12,17H2,1H3. The second kappa shape index (κ2) is 6.91. The molecule has 0 aromatic heterocycles. The van der Waals surface area contributed by atoms with Gasteiger partial charge in [0.2, 0.25) is 0 Å². The molecule has 2 nitrogen and oxygen atoms in total. The fraction of sp³-hybridized carbons (Fsp3) is 0.625. The van der Waals surface area contributed by atoms with Crippen LogP contribution in [0.25, 0.3) is 0 Å². The Labute approximate surface area is 111 Å². The van der Waals surface area contributed by atoms with Crippen LogP contribution < -0.4 is 11.3 Å². The van der Waals surface area contributed by atoms with Gasteiger partial charge in [-0.05, 0) is 44.1 Å². The molecule has 1 aromatic rings. The topological polar surface area (TPSA) is 38.0 Å². The van der Waals surface area contributed by atoms with Crippen molar-refractivity contribution in [1.29, 1.82) is 0 Å². The van der Waals surface area contributed by atoms with Crippen molar-refractivity contribution < 1.29 is 0 Å². The zero-order valence-corrected chi connectivity index (χ0v) is 11.5. The molecule has 0 aliphatic heterocycles. The van der Waals surface area contributed by atoms with Crippen molar-refractivity contribution in [1.82, 2.24) is 5.43 Å². The highest BCUT2D eigenvalue weighted by Gasteiger charge is 2.22. The first-order chi connectivity index (χ1) is 8.79. The first-order valence-electron chi connectivity index (χ1n) is 7.31. The van der Waals surface area contributed by atoms with E-state index in [2.05, 4.69) is 36.6 Å². The summed E-state index contributed by atoms with van der Waals surface area (Å²) in [6.45, 7) is 2.13.